The topological polar surface area (TPSA) is 29.0 Å². The Hall–Kier alpha value is -0.830. The number of aromatic nitrogens is 2. The zero-order chi connectivity index (χ0) is 14.5. The lowest BCUT2D eigenvalue weighted by Crippen LogP contribution is -2.31. The van der Waals surface area contributed by atoms with Gasteiger partial charge in [-0.05, 0) is 38.5 Å². The van der Waals surface area contributed by atoms with Crippen LogP contribution in [0.3, 0.4) is 0 Å². The van der Waals surface area contributed by atoms with Gasteiger partial charge in [0.25, 0.3) is 0 Å². The molecule has 2 saturated carbocycles. The van der Waals surface area contributed by atoms with Gasteiger partial charge in [0.05, 0.1) is 0 Å². The predicted molar refractivity (Wildman–Crippen MR) is 83.6 cm³/mol. The Morgan fingerprint density at radius 3 is 2.30 bits per heavy atom. The molecule has 0 bridgehead atoms. The van der Waals surface area contributed by atoms with E-state index in [1.807, 2.05) is 6.92 Å². The molecule has 0 saturated heterocycles. The van der Waals surface area contributed by atoms with Crippen LogP contribution in [0.25, 0.3) is 0 Å². The fourth-order valence-electron chi connectivity index (χ4n) is 2.47. The van der Waals surface area contributed by atoms with E-state index >= 15 is 0 Å². The summed E-state index contributed by atoms with van der Waals surface area (Å²) in [6.07, 6.45) is 5.32. The molecule has 20 heavy (non-hydrogen) atoms. The normalized spacial score (nSPS) is 19.2. The molecule has 0 aromatic carbocycles. The van der Waals surface area contributed by atoms with Gasteiger partial charge in [-0.2, -0.15) is 0 Å². The van der Waals surface area contributed by atoms with Crippen LogP contribution in [0.15, 0.2) is 0 Å². The zero-order valence-electron chi connectivity index (χ0n) is 12.9. The van der Waals surface area contributed by atoms with Crippen molar-refractivity contribution in [2.75, 3.05) is 11.4 Å². The lowest BCUT2D eigenvalue weighted by Gasteiger charge is -2.27. The quantitative estimate of drug-likeness (QED) is 0.782. The molecule has 1 aromatic rings. The molecule has 1 aromatic heterocycles. The van der Waals surface area contributed by atoms with Gasteiger partial charge in [-0.15, -0.1) is 0 Å². The summed E-state index contributed by atoms with van der Waals surface area (Å²) in [4.78, 5) is 11.9. The molecule has 4 heteroatoms. The van der Waals surface area contributed by atoms with Crippen LogP contribution in [0.2, 0.25) is 5.15 Å². The third kappa shape index (κ3) is 2.93. The van der Waals surface area contributed by atoms with Crippen LogP contribution < -0.4 is 4.90 Å². The van der Waals surface area contributed by atoms with E-state index in [1.54, 1.807) is 0 Å². The zero-order valence-corrected chi connectivity index (χ0v) is 13.7. The van der Waals surface area contributed by atoms with E-state index in [1.165, 1.54) is 25.7 Å². The first-order valence-electron chi connectivity index (χ1n) is 7.67. The first kappa shape index (κ1) is 14.1. The van der Waals surface area contributed by atoms with Crippen molar-refractivity contribution in [1.29, 1.82) is 0 Å². The summed E-state index contributed by atoms with van der Waals surface area (Å²) in [5.74, 6) is 2.79. The second-order valence-corrected chi connectivity index (χ2v) is 7.72. The van der Waals surface area contributed by atoms with E-state index in [-0.39, 0.29) is 5.41 Å². The van der Waals surface area contributed by atoms with Gasteiger partial charge < -0.3 is 4.90 Å². The fraction of sp³-hybridized carbons (Fsp3) is 0.750. The van der Waals surface area contributed by atoms with Crippen molar-refractivity contribution in [2.45, 2.75) is 64.8 Å². The molecule has 110 valence electrons. The molecule has 3 rings (SSSR count). The number of halogens is 1. The van der Waals surface area contributed by atoms with Crippen molar-refractivity contribution in [3.05, 3.63) is 16.5 Å². The molecule has 0 spiro atoms. The highest BCUT2D eigenvalue weighted by molar-refractivity contribution is 6.30. The Labute approximate surface area is 126 Å². The molecule has 0 atom stereocenters. The lowest BCUT2D eigenvalue weighted by atomic mass is 9.95. The third-order valence-corrected chi connectivity index (χ3v) is 4.51. The highest BCUT2D eigenvalue weighted by Gasteiger charge is 2.36. The second-order valence-electron chi connectivity index (χ2n) is 7.36. The van der Waals surface area contributed by atoms with Crippen LogP contribution in [0, 0.1) is 12.8 Å². The average molecular weight is 294 g/mol. The van der Waals surface area contributed by atoms with Crippen LogP contribution in [0.1, 0.15) is 57.8 Å². The van der Waals surface area contributed by atoms with Gasteiger partial charge in [0.2, 0.25) is 0 Å². The smallest absolute Gasteiger partial charge is 0.137 e. The Bertz CT molecular complexity index is 513. The molecule has 0 aliphatic heterocycles. The minimum atomic E-state index is -0.0686. The van der Waals surface area contributed by atoms with Crippen molar-refractivity contribution < 1.29 is 0 Å². The molecular formula is C16H24ClN3. The summed E-state index contributed by atoms with van der Waals surface area (Å²) in [7, 11) is 0. The molecule has 0 radical (unpaired) electrons. The number of hydrogen-bond donors (Lipinski definition) is 0. The second kappa shape index (κ2) is 4.87. The first-order valence-corrected chi connectivity index (χ1v) is 8.05. The van der Waals surface area contributed by atoms with Crippen molar-refractivity contribution in [3.8, 4) is 0 Å². The monoisotopic (exact) mass is 293 g/mol. The Morgan fingerprint density at radius 1 is 1.15 bits per heavy atom. The van der Waals surface area contributed by atoms with Crippen molar-refractivity contribution >= 4 is 17.4 Å². The number of rotatable bonds is 4. The van der Waals surface area contributed by atoms with Crippen molar-refractivity contribution in [2.24, 2.45) is 5.92 Å². The maximum absolute atomic E-state index is 6.37. The third-order valence-electron chi connectivity index (χ3n) is 4.14. The van der Waals surface area contributed by atoms with Crippen LogP contribution in [0.5, 0.6) is 0 Å². The van der Waals surface area contributed by atoms with Crippen LogP contribution in [-0.4, -0.2) is 22.6 Å². The molecule has 3 nitrogen and oxygen atoms in total. The Balaban J connectivity index is 1.98. The summed E-state index contributed by atoms with van der Waals surface area (Å²) >= 11 is 6.37. The molecule has 2 aliphatic carbocycles. The molecule has 0 amide bonds. The minimum Gasteiger partial charge on any atom is -0.353 e. The minimum absolute atomic E-state index is 0.0686. The summed E-state index contributed by atoms with van der Waals surface area (Å²) in [6.45, 7) is 9.61. The average Bonchev–Trinajstić information content (AvgIpc) is 3.23. The van der Waals surface area contributed by atoms with E-state index in [0.717, 1.165) is 29.7 Å². The van der Waals surface area contributed by atoms with Crippen LogP contribution >= 0.6 is 11.6 Å². The molecule has 2 aliphatic rings. The van der Waals surface area contributed by atoms with Gasteiger partial charge in [-0.1, -0.05) is 32.4 Å². The van der Waals surface area contributed by atoms with E-state index < -0.39 is 0 Å². The van der Waals surface area contributed by atoms with Crippen molar-refractivity contribution in [1.82, 2.24) is 9.97 Å². The van der Waals surface area contributed by atoms with Crippen LogP contribution in [-0.2, 0) is 5.41 Å². The number of hydrogen-bond acceptors (Lipinski definition) is 3. The van der Waals surface area contributed by atoms with Gasteiger partial charge in [0.1, 0.15) is 16.8 Å². The van der Waals surface area contributed by atoms with Gasteiger partial charge in [0.15, 0.2) is 0 Å². The van der Waals surface area contributed by atoms with Gasteiger partial charge in [0, 0.05) is 23.6 Å². The first-order chi connectivity index (χ1) is 9.36. The largest absolute Gasteiger partial charge is 0.353 e. The summed E-state index contributed by atoms with van der Waals surface area (Å²) in [5.41, 5.74) is 0.966. The highest BCUT2D eigenvalue weighted by atomic mass is 35.5. The fourth-order valence-corrected chi connectivity index (χ4v) is 2.63. The maximum atomic E-state index is 6.37. The standard InChI is InChI=1S/C16H24ClN3/c1-10-13(17)18-15(16(2,3)4)19-14(10)20(12-7-8-12)9-11-5-6-11/h11-12H,5-9H2,1-4H3. The van der Waals surface area contributed by atoms with E-state index in [4.69, 9.17) is 16.6 Å². The van der Waals surface area contributed by atoms with Gasteiger partial charge in [-0.3, -0.25) is 0 Å². The van der Waals surface area contributed by atoms with Gasteiger partial charge >= 0.3 is 0 Å². The van der Waals surface area contributed by atoms with Crippen LogP contribution in [0.4, 0.5) is 5.82 Å². The van der Waals surface area contributed by atoms with E-state index in [0.29, 0.717) is 11.2 Å². The van der Waals surface area contributed by atoms with E-state index in [2.05, 4.69) is 30.7 Å². The molecule has 0 unspecified atom stereocenters. The maximum Gasteiger partial charge on any atom is 0.137 e. The Kier molecular flexibility index (Phi) is 3.44. The van der Waals surface area contributed by atoms with E-state index in [9.17, 15) is 0 Å². The van der Waals surface area contributed by atoms with Crippen molar-refractivity contribution in [3.63, 3.8) is 0 Å². The number of nitrogens with zero attached hydrogens (tertiary/aromatic N) is 3. The summed E-state index contributed by atoms with van der Waals surface area (Å²) in [5, 5.41) is 0.612. The highest BCUT2D eigenvalue weighted by Crippen LogP contribution is 2.39. The Morgan fingerprint density at radius 2 is 1.80 bits per heavy atom. The summed E-state index contributed by atoms with van der Waals surface area (Å²) < 4.78 is 0. The summed E-state index contributed by atoms with van der Waals surface area (Å²) in [6, 6.07) is 0.674. The molecular weight excluding hydrogens is 270 g/mol. The SMILES string of the molecule is Cc1c(Cl)nc(C(C)(C)C)nc1N(CC1CC1)C1CC1. The molecule has 2 fully saturated rings. The van der Waals surface area contributed by atoms with Gasteiger partial charge in [-0.25, -0.2) is 9.97 Å². The lowest BCUT2D eigenvalue weighted by molar-refractivity contribution is 0.542. The molecule has 0 N–H and O–H groups in total. The predicted octanol–water partition coefficient (Wildman–Crippen LogP) is 4.11. The number of anilines is 1. The molecule has 1 heterocycles.